The van der Waals surface area contributed by atoms with E-state index >= 15 is 0 Å². The van der Waals surface area contributed by atoms with Crippen LogP contribution in [-0.2, 0) is 4.74 Å². The van der Waals surface area contributed by atoms with E-state index in [9.17, 15) is 9.59 Å². The summed E-state index contributed by atoms with van der Waals surface area (Å²) in [7, 11) is 0. The summed E-state index contributed by atoms with van der Waals surface area (Å²) in [6.45, 7) is -0.387. The molecule has 23 heavy (non-hydrogen) atoms. The minimum atomic E-state index is -0.235. The predicted molar refractivity (Wildman–Crippen MR) is 96.6 cm³/mol. The van der Waals surface area contributed by atoms with Crippen LogP contribution in [0.25, 0.3) is 0 Å². The Morgan fingerprint density at radius 1 is 0.826 bits per heavy atom. The molecule has 0 amide bonds. The average molecular weight is 442 g/mol. The van der Waals surface area contributed by atoms with Gasteiger partial charge in [0.05, 0.1) is 0 Å². The summed E-state index contributed by atoms with van der Waals surface area (Å²) >= 11 is 6.56. The lowest BCUT2D eigenvalue weighted by molar-refractivity contribution is 0.0671. The van der Waals surface area contributed by atoms with Gasteiger partial charge in [-0.3, -0.25) is 9.59 Å². The molecule has 0 fully saturated rings. The van der Waals surface area contributed by atoms with Crippen LogP contribution < -0.4 is 11.5 Å². The predicted octanol–water partition coefficient (Wildman–Crippen LogP) is 3.46. The molecule has 0 aromatic heterocycles. The van der Waals surface area contributed by atoms with Gasteiger partial charge < -0.3 is 16.2 Å². The summed E-state index contributed by atoms with van der Waals surface area (Å²) in [4.78, 5) is 24.1. The molecule has 0 bridgehead atoms. The highest BCUT2D eigenvalue weighted by Gasteiger charge is 2.14. The first-order valence-corrected chi connectivity index (χ1v) is 8.21. The van der Waals surface area contributed by atoms with Crippen molar-refractivity contribution in [2.24, 2.45) is 0 Å². The van der Waals surface area contributed by atoms with E-state index in [-0.39, 0.29) is 24.8 Å². The van der Waals surface area contributed by atoms with Gasteiger partial charge in [-0.1, -0.05) is 0 Å². The first-order chi connectivity index (χ1) is 10.9. The van der Waals surface area contributed by atoms with Crippen molar-refractivity contribution in [2.45, 2.75) is 0 Å². The van der Waals surface area contributed by atoms with Crippen LogP contribution in [0, 0.1) is 0 Å². The van der Waals surface area contributed by atoms with Crippen LogP contribution in [0.4, 0.5) is 11.4 Å². The molecule has 0 spiro atoms. The third kappa shape index (κ3) is 4.63. The van der Waals surface area contributed by atoms with Crippen molar-refractivity contribution in [2.75, 3.05) is 24.7 Å². The maximum absolute atomic E-state index is 12.1. The van der Waals surface area contributed by atoms with Gasteiger partial charge >= 0.3 is 0 Å². The molecule has 0 unspecified atom stereocenters. The number of ketones is 2. The third-order valence-electron chi connectivity index (χ3n) is 3.05. The molecule has 120 valence electrons. The second-order valence-electron chi connectivity index (χ2n) is 4.82. The van der Waals surface area contributed by atoms with E-state index < -0.39 is 0 Å². The zero-order chi connectivity index (χ0) is 17.0. The van der Waals surface area contributed by atoms with Gasteiger partial charge in [0.15, 0.2) is 11.6 Å². The van der Waals surface area contributed by atoms with Crippen molar-refractivity contribution in [3.63, 3.8) is 0 Å². The molecule has 2 aromatic carbocycles. The topological polar surface area (TPSA) is 95.4 Å². The Labute approximate surface area is 150 Å². The maximum atomic E-state index is 12.1. The van der Waals surface area contributed by atoms with Crippen molar-refractivity contribution >= 4 is 54.8 Å². The second kappa shape index (κ2) is 7.72. The minimum absolute atomic E-state index is 0.194. The molecule has 0 heterocycles. The highest BCUT2D eigenvalue weighted by molar-refractivity contribution is 9.10. The van der Waals surface area contributed by atoms with Crippen LogP contribution in [0.1, 0.15) is 20.7 Å². The van der Waals surface area contributed by atoms with Crippen LogP contribution in [0.2, 0.25) is 0 Å². The largest absolute Gasteiger partial charge is 0.399 e. The number of hydrogen-bond acceptors (Lipinski definition) is 5. The standard InChI is InChI=1S/C16H14Br2N2O3/c17-13-5-9(19)1-3-11(13)15(21)7-23-8-16(22)12-4-2-10(20)6-14(12)18/h1-6H,7-8,19-20H2. The molecule has 0 aliphatic heterocycles. The average Bonchev–Trinajstić information content (AvgIpc) is 2.46. The zero-order valence-corrected chi connectivity index (χ0v) is 15.2. The summed E-state index contributed by atoms with van der Waals surface area (Å²) in [6, 6.07) is 9.78. The minimum Gasteiger partial charge on any atom is -0.399 e. The number of anilines is 2. The van der Waals surface area contributed by atoms with Crippen molar-refractivity contribution in [3.8, 4) is 0 Å². The lowest BCUT2D eigenvalue weighted by Gasteiger charge is -2.07. The quantitative estimate of drug-likeness (QED) is 0.528. The Morgan fingerprint density at radius 2 is 1.22 bits per heavy atom. The van der Waals surface area contributed by atoms with Gasteiger partial charge in [0, 0.05) is 31.4 Å². The lowest BCUT2D eigenvalue weighted by atomic mass is 10.1. The number of nitrogens with two attached hydrogens (primary N) is 2. The Bertz CT molecular complexity index is 699. The normalized spacial score (nSPS) is 10.5. The first kappa shape index (κ1) is 17.7. The highest BCUT2D eigenvalue weighted by atomic mass is 79.9. The second-order valence-corrected chi connectivity index (χ2v) is 6.53. The molecular formula is C16H14Br2N2O3. The van der Waals surface area contributed by atoms with Crippen LogP contribution in [0.5, 0.6) is 0 Å². The van der Waals surface area contributed by atoms with E-state index in [0.29, 0.717) is 31.4 Å². The summed E-state index contributed by atoms with van der Waals surface area (Å²) in [5, 5.41) is 0. The van der Waals surface area contributed by atoms with Gasteiger partial charge in [-0.25, -0.2) is 0 Å². The molecule has 0 atom stereocenters. The number of benzene rings is 2. The van der Waals surface area contributed by atoms with E-state index in [4.69, 9.17) is 16.2 Å². The Balaban J connectivity index is 1.94. The summed E-state index contributed by atoms with van der Waals surface area (Å²) in [6.07, 6.45) is 0. The number of hydrogen-bond donors (Lipinski definition) is 2. The fourth-order valence-corrected chi connectivity index (χ4v) is 3.14. The highest BCUT2D eigenvalue weighted by Crippen LogP contribution is 2.21. The monoisotopic (exact) mass is 440 g/mol. The molecule has 2 rings (SSSR count). The molecule has 0 saturated carbocycles. The SMILES string of the molecule is Nc1ccc(C(=O)COCC(=O)c2ccc(N)cc2Br)c(Br)c1. The Hall–Kier alpha value is -1.70. The molecular weight excluding hydrogens is 428 g/mol. The van der Waals surface area contributed by atoms with Gasteiger partial charge in [0.2, 0.25) is 0 Å². The number of carbonyl (C=O) groups excluding carboxylic acids is 2. The smallest absolute Gasteiger partial charge is 0.189 e. The molecule has 0 aliphatic rings. The van der Waals surface area contributed by atoms with Crippen molar-refractivity contribution in [3.05, 3.63) is 56.5 Å². The van der Waals surface area contributed by atoms with E-state index in [1.54, 1.807) is 36.4 Å². The van der Waals surface area contributed by atoms with Crippen molar-refractivity contribution < 1.29 is 14.3 Å². The van der Waals surface area contributed by atoms with Gasteiger partial charge in [-0.05, 0) is 68.3 Å². The fraction of sp³-hybridized carbons (Fsp3) is 0.125. The fourth-order valence-electron chi connectivity index (χ4n) is 1.91. The molecule has 2 aromatic rings. The lowest BCUT2D eigenvalue weighted by Crippen LogP contribution is -2.16. The van der Waals surface area contributed by atoms with E-state index in [1.165, 1.54) is 0 Å². The van der Waals surface area contributed by atoms with Crippen LogP contribution in [0.3, 0.4) is 0 Å². The van der Waals surface area contributed by atoms with Crippen LogP contribution >= 0.6 is 31.9 Å². The zero-order valence-electron chi connectivity index (χ0n) is 12.0. The first-order valence-electron chi connectivity index (χ1n) is 6.62. The van der Waals surface area contributed by atoms with Gasteiger partial charge in [0.25, 0.3) is 0 Å². The molecule has 5 nitrogen and oxygen atoms in total. The molecule has 0 aliphatic carbocycles. The van der Waals surface area contributed by atoms with Crippen LogP contribution in [0.15, 0.2) is 45.3 Å². The Kier molecular flexibility index (Phi) is 5.92. The molecule has 7 heteroatoms. The third-order valence-corrected chi connectivity index (χ3v) is 4.37. The number of rotatable bonds is 6. The van der Waals surface area contributed by atoms with E-state index in [0.717, 1.165) is 0 Å². The number of carbonyl (C=O) groups is 2. The number of nitrogen functional groups attached to an aromatic ring is 2. The molecule has 0 saturated heterocycles. The van der Waals surface area contributed by atoms with E-state index in [2.05, 4.69) is 31.9 Å². The van der Waals surface area contributed by atoms with Crippen LogP contribution in [-0.4, -0.2) is 24.8 Å². The molecule has 0 radical (unpaired) electrons. The number of Topliss-reactive ketones (excluding diaryl/α,β-unsaturated/α-hetero) is 2. The summed E-state index contributed by atoms with van der Waals surface area (Å²) in [5.74, 6) is -0.470. The number of halogens is 2. The summed E-state index contributed by atoms with van der Waals surface area (Å²) in [5.41, 5.74) is 13.3. The molecule has 4 N–H and O–H groups in total. The maximum Gasteiger partial charge on any atom is 0.189 e. The van der Waals surface area contributed by atoms with Gasteiger partial charge in [0.1, 0.15) is 13.2 Å². The number of ether oxygens (including phenoxy) is 1. The van der Waals surface area contributed by atoms with E-state index in [1.807, 2.05) is 0 Å². The van der Waals surface area contributed by atoms with Gasteiger partial charge in [-0.2, -0.15) is 0 Å². The van der Waals surface area contributed by atoms with Crippen molar-refractivity contribution in [1.29, 1.82) is 0 Å². The summed E-state index contributed by atoms with van der Waals surface area (Å²) < 4.78 is 6.43. The van der Waals surface area contributed by atoms with Gasteiger partial charge in [-0.15, -0.1) is 0 Å². The Morgan fingerprint density at radius 3 is 1.57 bits per heavy atom. The van der Waals surface area contributed by atoms with Crippen molar-refractivity contribution in [1.82, 2.24) is 0 Å².